The molecular formula is C25H28N4O2. The maximum Gasteiger partial charge on any atom is 0.274 e. The van der Waals surface area contributed by atoms with E-state index in [2.05, 4.69) is 45.2 Å². The molecule has 0 bridgehead atoms. The van der Waals surface area contributed by atoms with Gasteiger partial charge in [-0.05, 0) is 63.0 Å². The SMILES string of the molecule is Cc1cnc(C(=O)N2Cc3ccccc3C3(CCN(Cc4ccc(C)o4)CC3)C2)cn1. The minimum Gasteiger partial charge on any atom is -0.465 e. The Kier molecular flexibility index (Phi) is 5.10. The van der Waals surface area contributed by atoms with Crippen LogP contribution in [0.1, 0.15) is 51.7 Å². The summed E-state index contributed by atoms with van der Waals surface area (Å²) in [6.07, 6.45) is 5.30. The summed E-state index contributed by atoms with van der Waals surface area (Å²) in [5, 5.41) is 0. The third-order valence-corrected chi connectivity index (χ3v) is 6.72. The van der Waals surface area contributed by atoms with Crippen molar-refractivity contribution in [2.45, 2.75) is 45.2 Å². The van der Waals surface area contributed by atoms with E-state index in [9.17, 15) is 4.79 Å². The molecule has 3 aromatic rings. The fraction of sp³-hybridized carbons (Fsp3) is 0.400. The lowest BCUT2D eigenvalue weighted by atomic mass is 9.68. The van der Waals surface area contributed by atoms with E-state index < -0.39 is 0 Å². The molecule has 4 heterocycles. The fourth-order valence-corrected chi connectivity index (χ4v) is 5.05. The van der Waals surface area contributed by atoms with Gasteiger partial charge in [-0.25, -0.2) is 4.98 Å². The Morgan fingerprint density at radius 1 is 1.06 bits per heavy atom. The summed E-state index contributed by atoms with van der Waals surface area (Å²) in [5.74, 6) is 1.94. The number of carbonyl (C=O) groups is 1. The molecule has 1 spiro atoms. The van der Waals surface area contributed by atoms with Gasteiger partial charge in [0, 0.05) is 24.7 Å². The number of furan rings is 1. The van der Waals surface area contributed by atoms with Gasteiger partial charge < -0.3 is 9.32 Å². The molecule has 0 saturated carbocycles. The molecule has 2 aliphatic heterocycles. The number of fused-ring (bicyclic) bond motifs is 2. The van der Waals surface area contributed by atoms with Gasteiger partial charge in [0.15, 0.2) is 0 Å². The van der Waals surface area contributed by atoms with E-state index in [4.69, 9.17) is 4.42 Å². The van der Waals surface area contributed by atoms with Gasteiger partial charge >= 0.3 is 0 Å². The van der Waals surface area contributed by atoms with Crippen LogP contribution in [0.2, 0.25) is 0 Å². The highest BCUT2D eigenvalue weighted by Crippen LogP contribution is 2.42. The summed E-state index contributed by atoms with van der Waals surface area (Å²) in [4.78, 5) is 26.3. The smallest absolute Gasteiger partial charge is 0.274 e. The Morgan fingerprint density at radius 3 is 2.58 bits per heavy atom. The zero-order chi connectivity index (χ0) is 21.4. The van der Waals surface area contributed by atoms with Gasteiger partial charge in [-0.1, -0.05) is 24.3 Å². The Morgan fingerprint density at radius 2 is 1.87 bits per heavy atom. The predicted molar refractivity (Wildman–Crippen MR) is 118 cm³/mol. The Bertz CT molecular complexity index is 1080. The number of nitrogens with zero attached hydrogens (tertiary/aromatic N) is 4. The predicted octanol–water partition coefficient (Wildman–Crippen LogP) is 3.88. The first kappa shape index (κ1) is 19.9. The van der Waals surface area contributed by atoms with E-state index in [1.807, 2.05) is 24.8 Å². The number of carbonyl (C=O) groups excluding carboxylic acids is 1. The minimum absolute atomic E-state index is 0.0157. The van der Waals surface area contributed by atoms with Crippen LogP contribution >= 0.6 is 0 Å². The molecule has 5 rings (SSSR count). The van der Waals surface area contributed by atoms with Crippen LogP contribution in [-0.4, -0.2) is 45.3 Å². The molecule has 2 aliphatic rings. The van der Waals surface area contributed by atoms with Crippen LogP contribution in [0.3, 0.4) is 0 Å². The lowest BCUT2D eigenvalue weighted by Crippen LogP contribution is -2.53. The number of aryl methyl sites for hydroxylation is 2. The molecule has 0 atom stereocenters. The molecule has 0 unspecified atom stereocenters. The molecule has 31 heavy (non-hydrogen) atoms. The number of hydrogen-bond acceptors (Lipinski definition) is 5. The molecule has 0 aliphatic carbocycles. The molecule has 1 fully saturated rings. The summed E-state index contributed by atoms with van der Waals surface area (Å²) in [7, 11) is 0. The number of likely N-dealkylation sites (tertiary alicyclic amines) is 1. The summed E-state index contributed by atoms with van der Waals surface area (Å²) in [6, 6.07) is 12.7. The second kappa shape index (κ2) is 7.93. The molecule has 1 saturated heterocycles. The number of hydrogen-bond donors (Lipinski definition) is 0. The largest absolute Gasteiger partial charge is 0.465 e. The number of benzene rings is 1. The number of piperidine rings is 1. The number of rotatable bonds is 3. The first-order valence-electron chi connectivity index (χ1n) is 11.0. The molecule has 0 radical (unpaired) electrons. The second-order valence-electron chi connectivity index (χ2n) is 8.93. The van der Waals surface area contributed by atoms with Gasteiger partial charge in [-0.15, -0.1) is 0 Å². The van der Waals surface area contributed by atoms with Crippen LogP contribution in [0.25, 0.3) is 0 Å². The van der Waals surface area contributed by atoms with Crippen molar-refractivity contribution in [3.63, 3.8) is 0 Å². The molecule has 6 nitrogen and oxygen atoms in total. The first-order valence-corrected chi connectivity index (χ1v) is 11.0. The highest BCUT2D eigenvalue weighted by molar-refractivity contribution is 5.92. The lowest BCUT2D eigenvalue weighted by molar-refractivity contribution is 0.0561. The maximum absolute atomic E-state index is 13.3. The van der Waals surface area contributed by atoms with Gasteiger partial charge in [-0.3, -0.25) is 14.7 Å². The van der Waals surface area contributed by atoms with Crippen molar-refractivity contribution in [3.8, 4) is 0 Å². The number of amides is 1. The zero-order valence-corrected chi connectivity index (χ0v) is 18.2. The van der Waals surface area contributed by atoms with Crippen molar-refractivity contribution in [2.75, 3.05) is 19.6 Å². The van der Waals surface area contributed by atoms with E-state index in [1.165, 1.54) is 11.1 Å². The van der Waals surface area contributed by atoms with E-state index >= 15 is 0 Å². The molecule has 6 heteroatoms. The quantitative estimate of drug-likeness (QED) is 0.649. The summed E-state index contributed by atoms with van der Waals surface area (Å²) < 4.78 is 5.78. The van der Waals surface area contributed by atoms with Crippen LogP contribution in [0.15, 0.2) is 53.2 Å². The maximum atomic E-state index is 13.3. The average molecular weight is 417 g/mol. The lowest BCUT2D eigenvalue weighted by Gasteiger charge is -2.48. The summed E-state index contributed by atoms with van der Waals surface area (Å²) in [5.41, 5.74) is 3.87. The summed E-state index contributed by atoms with van der Waals surface area (Å²) >= 11 is 0. The van der Waals surface area contributed by atoms with Gasteiger partial charge in [0.25, 0.3) is 5.91 Å². The fourth-order valence-electron chi connectivity index (χ4n) is 5.05. The van der Waals surface area contributed by atoms with Gasteiger partial charge in [-0.2, -0.15) is 0 Å². The Hall–Kier alpha value is -2.99. The highest BCUT2D eigenvalue weighted by Gasteiger charge is 2.43. The van der Waals surface area contributed by atoms with Crippen LogP contribution in [0, 0.1) is 13.8 Å². The first-order chi connectivity index (χ1) is 15.0. The van der Waals surface area contributed by atoms with Crippen LogP contribution in [0.4, 0.5) is 0 Å². The highest BCUT2D eigenvalue weighted by atomic mass is 16.3. The van der Waals surface area contributed by atoms with Crippen molar-refractivity contribution in [3.05, 3.63) is 82.8 Å². The third kappa shape index (κ3) is 3.88. The molecule has 2 aromatic heterocycles. The Labute approximate surface area is 182 Å². The zero-order valence-electron chi connectivity index (χ0n) is 18.2. The van der Waals surface area contributed by atoms with E-state index in [1.54, 1.807) is 12.4 Å². The van der Waals surface area contributed by atoms with Crippen LogP contribution in [-0.2, 0) is 18.5 Å². The van der Waals surface area contributed by atoms with Gasteiger partial charge in [0.05, 0.1) is 18.4 Å². The summed E-state index contributed by atoms with van der Waals surface area (Å²) in [6.45, 7) is 8.03. The van der Waals surface area contributed by atoms with Crippen LogP contribution in [0.5, 0.6) is 0 Å². The Balaban J connectivity index is 1.37. The molecule has 1 amide bonds. The van der Waals surface area contributed by atoms with Crippen molar-refractivity contribution in [1.29, 1.82) is 0 Å². The number of aromatic nitrogens is 2. The van der Waals surface area contributed by atoms with Crippen molar-refractivity contribution < 1.29 is 9.21 Å². The minimum atomic E-state index is -0.0325. The van der Waals surface area contributed by atoms with Crippen molar-refractivity contribution >= 4 is 5.91 Å². The molecule has 0 N–H and O–H groups in total. The van der Waals surface area contributed by atoms with Crippen LogP contribution < -0.4 is 0 Å². The van der Waals surface area contributed by atoms with E-state index in [-0.39, 0.29) is 11.3 Å². The van der Waals surface area contributed by atoms with Crippen molar-refractivity contribution in [1.82, 2.24) is 19.8 Å². The molecular weight excluding hydrogens is 388 g/mol. The normalized spacial score (nSPS) is 18.2. The van der Waals surface area contributed by atoms with E-state index in [0.717, 1.165) is 56.2 Å². The average Bonchev–Trinajstić information content (AvgIpc) is 3.20. The van der Waals surface area contributed by atoms with Crippen molar-refractivity contribution in [2.24, 2.45) is 0 Å². The van der Waals surface area contributed by atoms with Gasteiger partial charge in [0.1, 0.15) is 17.2 Å². The van der Waals surface area contributed by atoms with E-state index in [0.29, 0.717) is 12.2 Å². The second-order valence-corrected chi connectivity index (χ2v) is 8.93. The van der Waals surface area contributed by atoms with Gasteiger partial charge in [0.2, 0.25) is 0 Å². The topological polar surface area (TPSA) is 62.5 Å². The third-order valence-electron chi connectivity index (χ3n) is 6.72. The molecule has 160 valence electrons. The standard InChI is InChI=1S/C25H28N4O2/c1-18-13-27-23(14-26-18)24(30)29-15-20-5-3-4-6-22(20)25(17-29)9-11-28(12-10-25)16-21-8-7-19(2)31-21/h3-8,13-14H,9-12,15-17H2,1-2H3. The monoisotopic (exact) mass is 416 g/mol. The molecule has 1 aromatic carbocycles.